The van der Waals surface area contributed by atoms with Crippen molar-refractivity contribution in [3.8, 4) is 0 Å². The second-order valence-electron chi connectivity index (χ2n) is 1.11. The topological polar surface area (TPSA) is 34.1 Å². The van der Waals surface area contributed by atoms with E-state index in [4.69, 9.17) is 22.3 Å². The number of hydrogen-bond acceptors (Lipinski definition) is 2. The third kappa shape index (κ3) is 2.55. The molecule has 0 unspecified atom stereocenters. The lowest BCUT2D eigenvalue weighted by Gasteiger charge is -1.89. The van der Waals surface area contributed by atoms with Gasteiger partial charge in [-0.1, -0.05) is 6.58 Å². The second kappa shape index (κ2) is 2.71. The van der Waals surface area contributed by atoms with Crippen LogP contribution in [-0.2, 0) is 9.05 Å². The molecule has 5 heteroatoms. The molecule has 0 saturated carbocycles. The standard InChI is InChI=1S/C3H4Cl2O2S/c1-3(2-4)8(5,6)7/h1-2H2. The summed E-state index contributed by atoms with van der Waals surface area (Å²) in [5, 5.41) is 0. The Morgan fingerprint density at radius 2 is 2.00 bits per heavy atom. The van der Waals surface area contributed by atoms with E-state index >= 15 is 0 Å². The van der Waals surface area contributed by atoms with Crippen LogP contribution in [0.15, 0.2) is 11.5 Å². The maximum atomic E-state index is 10.1. The van der Waals surface area contributed by atoms with Gasteiger partial charge in [0, 0.05) is 10.7 Å². The molecule has 0 atom stereocenters. The largest absolute Gasteiger partial charge is 0.258 e. The highest BCUT2D eigenvalue weighted by molar-refractivity contribution is 8.16. The lowest BCUT2D eigenvalue weighted by Crippen LogP contribution is -1.92. The van der Waals surface area contributed by atoms with Crippen molar-refractivity contribution < 1.29 is 8.42 Å². The van der Waals surface area contributed by atoms with Crippen LogP contribution in [0.4, 0.5) is 0 Å². The van der Waals surface area contributed by atoms with Crippen molar-refractivity contribution in [2.24, 2.45) is 0 Å². The molecule has 0 N–H and O–H groups in total. The van der Waals surface area contributed by atoms with Crippen LogP contribution in [0, 0.1) is 0 Å². The zero-order valence-electron chi connectivity index (χ0n) is 3.89. The fourth-order valence-electron chi connectivity index (χ4n) is 0.0652. The van der Waals surface area contributed by atoms with E-state index in [0.717, 1.165) is 0 Å². The van der Waals surface area contributed by atoms with Crippen LogP contribution < -0.4 is 0 Å². The molecular weight excluding hydrogens is 171 g/mol. The summed E-state index contributed by atoms with van der Waals surface area (Å²) < 4.78 is 20.3. The van der Waals surface area contributed by atoms with Crippen LogP contribution in [0.25, 0.3) is 0 Å². The third-order valence-corrected chi connectivity index (χ3v) is 2.46. The number of halogens is 2. The van der Waals surface area contributed by atoms with E-state index in [2.05, 4.69) is 6.58 Å². The minimum absolute atomic E-state index is 0.147. The Labute approximate surface area is 57.5 Å². The van der Waals surface area contributed by atoms with Crippen LogP contribution in [0.3, 0.4) is 0 Å². The average molecular weight is 175 g/mol. The summed E-state index contributed by atoms with van der Waals surface area (Å²) in [6.45, 7) is 3.09. The highest BCUT2D eigenvalue weighted by Crippen LogP contribution is 2.09. The Balaban J connectivity index is 4.29. The van der Waals surface area contributed by atoms with Crippen molar-refractivity contribution in [3.63, 3.8) is 0 Å². The smallest absolute Gasteiger partial charge is 0.207 e. The van der Waals surface area contributed by atoms with E-state index in [9.17, 15) is 8.42 Å². The van der Waals surface area contributed by atoms with Gasteiger partial charge in [-0.25, -0.2) is 8.42 Å². The molecule has 0 saturated heterocycles. The first-order valence-corrected chi connectivity index (χ1v) is 4.51. The summed E-state index contributed by atoms with van der Waals surface area (Å²) in [6.07, 6.45) is 0. The lowest BCUT2D eigenvalue weighted by atomic mass is 10.7. The minimum Gasteiger partial charge on any atom is -0.207 e. The molecule has 0 amide bonds. The number of allylic oxidation sites excluding steroid dienone is 1. The zero-order valence-corrected chi connectivity index (χ0v) is 6.22. The molecule has 2 nitrogen and oxygen atoms in total. The molecule has 0 aromatic carbocycles. The summed E-state index contributed by atoms with van der Waals surface area (Å²) in [5.74, 6) is -0.147. The number of rotatable bonds is 2. The predicted molar refractivity (Wildman–Crippen MR) is 34.6 cm³/mol. The van der Waals surface area contributed by atoms with Gasteiger partial charge in [-0.2, -0.15) is 0 Å². The van der Waals surface area contributed by atoms with Crippen LogP contribution in [0.5, 0.6) is 0 Å². The number of alkyl halides is 1. The van der Waals surface area contributed by atoms with Gasteiger partial charge in [0.2, 0.25) is 0 Å². The van der Waals surface area contributed by atoms with Gasteiger partial charge in [0.25, 0.3) is 9.05 Å². The van der Waals surface area contributed by atoms with Crippen molar-refractivity contribution in [1.29, 1.82) is 0 Å². The van der Waals surface area contributed by atoms with E-state index in [0.29, 0.717) is 0 Å². The van der Waals surface area contributed by atoms with Crippen LogP contribution >= 0.6 is 22.3 Å². The summed E-state index contributed by atoms with van der Waals surface area (Å²) in [4.78, 5) is -0.166. The molecule has 0 aromatic heterocycles. The summed E-state index contributed by atoms with van der Waals surface area (Å²) in [5.41, 5.74) is 0. The van der Waals surface area contributed by atoms with Gasteiger partial charge in [-0.05, 0) is 0 Å². The first-order valence-electron chi connectivity index (χ1n) is 1.67. The van der Waals surface area contributed by atoms with Crippen molar-refractivity contribution in [1.82, 2.24) is 0 Å². The normalized spacial score (nSPS) is 11.2. The van der Waals surface area contributed by atoms with Gasteiger partial charge >= 0.3 is 0 Å². The Kier molecular flexibility index (Phi) is 2.80. The monoisotopic (exact) mass is 174 g/mol. The van der Waals surface area contributed by atoms with Gasteiger partial charge in [-0.3, -0.25) is 0 Å². The molecule has 0 fully saturated rings. The fourth-order valence-corrected chi connectivity index (χ4v) is 0.958. The Morgan fingerprint density at radius 1 is 1.62 bits per heavy atom. The molecule has 0 aromatic rings. The zero-order chi connectivity index (χ0) is 6.78. The quantitative estimate of drug-likeness (QED) is 0.468. The number of hydrogen-bond donors (Lipinski definition) is 0. The lowest BCUT2D eigenvalue weighted by molar-refractivity contribution is 0.615. The second-order valence-corrected chi connectivity index (χ2v) is 4.05. The van der Waals surface area contributed by atoms with Gasteiger partial charge in [0.05, 0.1) is 10.8 Å². The molecule has 0 bridgehead atoms. The molecule has 0 aliphatic heterocycles. The van der Waals surface area contributed by atoms with Gasteiger partial charge in [0.1, 0.15) is 0 Å². The van der Waals surface area contributed by atoms with Crippen molar-refractivity contribution >= 4 is 31.3 Å². The minimum atomic E-state index is -3.61. The molecule has 0 aliphatic rings. The SMILES string of the molecule is C=C(CCl)S(=O)(=O)Cl. The Morgan fingerprint density at radius 3 is 2.00 bits per heavy atom. The van der Waals surface area contributed by atoms with Crippen LogP contribution in [0.1, 0.15) is 0 Å². The Hall–Kier alpha value is 0.270. The molecule has 0 rings (SSSR count). The summed E-state index contributed by atoms with van der Waals surface area (Å²) in [7, 11) is 1.16. The average Bonchev–Trinajstić information content (AvgIpc) is 1.62. The fraction of sp³-hybridized carbons (Fsp3) is 0.333. The van der Waals surface area contributed by atoms with E-state index in [1.807, 2.05) is 0 Å². The van der Waals surface area contributed by atoms with E-state index in [-0.39, 0.29) is 10.8 Å². The highest BCUT2D eigenvalue weighted by Gasteiger charge is 2.07. The van der Waals surface area contributed by atoms with Crippen molar-refractivity contribution in [2.45, 2.75) is 0 Å². The maximum Gasteiger partial charge on any atom is 0.258 e. The first-order chi connectivity index (χ1) is 3.48. The molecule has 8 heavy (non-hydrogen) atoms. The molecule has 0 radical (unpaired) electrons. The van der Waals surface area contributed by atoms with Gasteiger partial charge < -0.3 is 0 Å². The summed E-state index contributed by atoms with van der Waals surface area (Å²) >= 11 is 5.07. The molecular formula is C3H4Cl2O2S. The maximum absolute atomic E-state index is 10.1. The van der Waals surface area contributed by atoms with Crippen molar-refractivity contribution in [2.75, 3.05) is 5.88 Å². The first kappa shape index (κ1) is 8.27. The van der Waals surface area contributed by atoms with Gasteiger partial charge in [0.15, 0.2) is 0 Å². The molecule has 0 spiro atoms. The van der Waals surface area contributed by atoms with Gasteiger partial charge in [-0.15, -0.1) is 11.6 Å². The third-order valence-electron chi connectivity index (χ3n) is 0.494. The van der Waals surface area contributed by atoms with E-state index < -0.39 is 9.05 Å². The van der Waals surface area contributed by atoms with Crippen LogP contribution in [-0.4, -0.2) is 14.3 Å². The highest BCUT2D eigenvalue weighted by atomic mass is 35.7. The van der Waals surface area contributed by atoms with E-state index in [1.54, 1.807) is 0 Å². The molecule has 0 heterocycles. The summed E-state index contributed by atoms with van der Waals surface area (Å²) in [6, 6.07) is 0. The molecule has 48 valence electrons. The van der Waals surface area contributed by atoms with E-state index in [1.165, 1.54) is 0 Å². The molecule has 0 aliphatic carbocycles. The van der Waals surface area contributed by atoms with Crippen molar-refractivity contribution in [3.05, 3.63) is 11.5 Å². The van der Waals surface area contributed by atoms with Crippen LogP contribution in [0.2, 0.25) is 0 Å². The Bertz CT molecular complexity index is 181. The predicted octanol–water partition coefficient (Wildman–Crippen LogP) is 1.31.